The maximum absolute atomic E-state index is 4.23. The van der Waals surface area contributed by atoms with Gasteiger partial charge in [-0.1, -0.05) is 24.8 Å². The predicted octanol–water partition coefficient (Wildman–Crippen LogP) is 2.29. The lowest BCUT2D eigenvalue weighted by Gasteiger charge is -1.98. The van der Waals surface area contributed by atoms with E-state index in [1.54, 1.807) is 6.08 Å². The lowest BCUT2D eigenvalue weighted by Crippen LogP contribution is -1.92. The molecule has 0 aliphatic carbocycles. The molecule has 2 heteroatoms. The first kappa shape index (κ1) is 8.65. The highest BCUT2D eigenvalue weighted by Crippen LogP contribution is 2.05. The third-order valence-electron chi connectivity index (χ3n) is 1.55. The van der Waals surface area contributed by atoms with E-state index in [2.05, 4.69) is 16.5 Å². The minimum atomic E-state index is 0.809. The van der Waals surface area contributed by atoms with Crippen molar-refractivity contribution in [2.45, 2.75) is 13.8 Å². The molecule has 0 saturated heterocycles. The van der Waals surface area contributed by atoms with Crippen molar-refractivity contribution in [3.05, 3.63) is 42.0 Å². The number of allylic oxidation sites excluding steroid dienone is 2. The van der Waals surface area contributed by atoms with Crippen molar-refractivity contribution in [2.75, 3.05) is 0 Å². The van der Waals surface area contributed by atoms with Gasteiger partial charge in [0, 0.05) is 17.5 Å². The standard InChI is InChI=1S/C10H12N2/c1-4-5-6-10-7-11-9(3)12-8(10)2/h4-7H,1H2,2-3H3/b6-5-. The van der Waals surface area contributed by atoms with E-state index in [0.717, 1.165) is 17.1 Å². The van der Waals surface area contributed by atoms with Crippen molar-refractivity contribution < 1.29 is 0 Å². The van der Waals surface area contributed by atoms with Crippen LogP contribution >= 0.6 is 0 Å². The molecule has 2 nitrogen and oxygen atoms in total. The highest BCUT2D eigenvalue weighted by atomic mass is 14.9. The Labute approximate surface area is 72.7 Å². The molecule has 1 rings (SSSR count). The van der Waals surface area contributed by atoms with Gasteiger partial charge in [-0.3, -0.25) is 0 Å². The van der Waals surface area contributed by atoms with E-state index in [4.69, 9.17) is 0 Å². The molecule has 12 heavy (non-hydrogen) atoms. The Morgan fingerprint density at radius 2 is 2.17 bits per heavy atom. The number of rotatable bonds is 2. The quantitative estimate of drug-likeness (QED) is 0.620. The van der Waals surface area contributed by atoms with Crippen LogP contribution in [0.2, 0.25) is 0 Å². The zero-order chi connectivity index (χ0) is 8.97. The zero-order valence-corrected chi connectivity index (χ0v) is 7.41. The van der Waals surface area contributed by atoms with Crippen LogP contribution in [0.4, 0.5) is 0 Å². The molecule has 0 saturated carbocycles. The van der Waals surface area contributed by atoms with Crippen LogP contribution in [0, 0.1) is 13.8 Å². The van der Waals surface area contributed by atoms with Crippen LogP contribution in [0.1, 0.15) is 17.1 Å². The smallest absolute Gasteiger partial charge is 0.125 e. The van der Waals surface area contributed by atoms with E-state index in [9.17, 15) is 0 Å². The normalized spacial score (nSPS) is 10.5. The number of hydrogen-bond donors (Lipinski definition) is 0. The largest absolute Gasteiger partial charge is 0.241 e. The molecule has 62 valence electrons. The van der Waals surface area contributed by atoms with Crippen LogP contribution in [0.25, 0.3) is 6.08 Å². The van der Waals surface area contributed by atoms with E-state index >= 15 is 0 Å². The van der Waals surface area contributed by atoms with E-state index in [1.807, 2.05) is 32.2 Å². The zero-order valence-electron chi connectivity index (χ0n) is 7.41. The van der Waals surface area contributed by atoms with Gasteiger partial charge in [0.15, 0.2) is 0 Å². The van der Waals surface area contributed by atoms with Gasteiger partial charge in [-0.25, -0.2) is 9.97 Å². The van der Waals surface area contributed by atoms with Crippen LogP contribution in [-0.2, 0) is 0 Å². The molecule has 0 fully saturated rings. The molecule has 0 aromatic carbocycles. The summed E-state index contributed by atoms with van der Waals surface area (Å²) >= 11 is 0. The van der Waals surface area contributed by atoms with E-state index in [1.165, 1.54) is 0 Å². The van der Waals surface area contributed by atoms with E-state index in [-0.39, 0.29) is 0 Å². The van der Waals surface area contributed by atoms with Crippen LogP contribution in [0.3, 0.4) is 0 Å². The Bertz CT molecular complexity index is 314. The summed E-state index contributed by atoms with van der Waals surface area (Å²) in [6.07, 6.45) is 7.37. The first-order valence-corrected chi connectivity index (χ1v) is 3.83. The van der Waals surface area contributed by atoms with Crippen molar-refractivity contribution in [3.63, 3.8) is 0 Å². The van der Waals surface area contributed by atoms with Gasteiger partial charge in [0.05, 0.1) is 0 Å². The molecule has 0 unspecified atom stereocenters. The molecule has 0 bridgehead atoms. The summed E-state index contributed by atoms with van der Waals surface area (Å²) in [6, 6.07) is 0. The van der Waals surface area contributed by atoms with Gasteiger partial charge in [0.1, 0.15) is 5.82 Å². The van der Waals surface area contributed by atoms with Gasteiger partial charge < -0.3 is 0 Å². The maximum atomic E-state index is 4.23. The molecular weight excluding hydrogens is 148 g/mol. The molecule has 0 N–H and O–H groups in total. The molecule has 0 atom stereocenters. The molecule has 1 aromatic heterocycles. The van der Waals surface area contributed by atoms with Gasteiger partial charge in [0.2, 0.25) is 0 Å². The summed E-state index contributed by atoms with van der Waals surface area (Å²) in [7, 11) is 0. The Morgan fingerprint density at radius 1 is 1.42 bits per heavy atom. The second kappa shape index (κ2) is 3.81. The average Bonchev–Trinajstić information content (AvgIpc) is 2.03. The monoisotopic (exact) mass is 160 g/mol. The highest BCUT2D eigenvalue weighted by Gasteiger charge is 1.95. The maximum Gasteiger partial charge on any atom is 0.125 e. The lowest BCUT2D eigenvalue weighted by molar-refractivity contribution is 1.00. The third kappa shape index (κ3) is 2.02. The van der Waals surface area contributed by atoms with Crippen molar-refractivity contribution >= 4 is 6.08 Å². The van der Waals surface area contributed by atoms with Crippen molar-refractivity contribution in [3.8, 4) is 0 Å². The molecule has 0 spiro atoms. The van der Waals surface area contributed by atoms with Crippen LogP contribution in [0.15, 0.2) is 24.9 Å². The highest BCUT2D eigenvalue weighted by molar-refractivity contribution is 5.51. The predicted molar refractivity (Wildman–Crippen MR) is 50.7 cm³/mol. The number of hydrogen-bond acceptors (Lipinski definition) is 2. The molecule has 0 amide bonds. The summed E-state index contributed by atoms with van der Waals surface area (Å²) in [4.78, 5) is 8.33. The Balaban J connectivity index is 3.01. The minimum absolute atomic E-state index is 0.809. The molecule has 1 aromatic rings. The Kier molecular flexibility index (Phi) is 2.75. The van der Waals surface area contributed by atoms with Gasteiger partial charge in [-0.05, 0) is 13.8 Å². The topological polar surface area (TPSA) is 25.8 Å². The molecule has 1 heterocycles. The van der Waals surface area contributed by atoms with Crippen LogP contribution in [-0.4, -0.2) is 9.97 Å². The summed E-state index contributed by atoms with van der Waals surface area (Å²) in [5.74, 6) is 0.809. The number of aromatic nitrogens is 2. The Morgan fingerprint density at radius 3 is 2.75 bits per heavy atom. The van der Waals surface area contributed by atoms with Crippen LogP contribution < -0.4 is 0 Å². The summed E-state index contributed by atoms with van der Waals surface area (Å²) in [6.45, 7) is 7.45. The van der Waals surface area contributed by atoms with Crippen molar-refractivity contribution in [1.82, 2.24) is 9.97 Å². The fourth-order valence-electron chi connectivity index (χ4n) is 0.928. The van der Waals surface area contributed by atoms with Gasteiger partial charge in [-0.15, -0.1) is 0 Å². The third-order valence-corrected chi connectivity index (χ3v) is 1.55. The molecule has 0 radical (unpaired) electrons. The Hall–Kier alpha value is -1.44. The lowest BCUT2D eigenvalue weighted by atomic mass is 10.2. The first-order valence-electron chi connectivity index (χ1n) is 3.83. The summed E-state index contributed by atoms with van der Waals surface area (Å²) in [5, 5.41) is 0. The number of nitrogens with zero attached hydrogens (tertiary/aromatic N) is 2. The fourth-order valence-corrected chi connectivity index (χ4v) is 0.928. The van der Waals surface area contributed by atoms with Gasteiger partial charge in [-0.2, -0.15) is 0 Å². The second-order valence-corrected chi connectivity index (χ2v) is 2.55. The fraction of sp³-hybridized carbons (Fsp3) is 0.200. The summed E-state index contributed by atoms with van der Waals surface area (Å²) < 4.78 is 0. The van der Waals surface area contributed by atoms with Crippen molar-refractivity contribution in [2.24, 2.45) is 0 Å². The number of aryl methyl sites for hydroxylation is 2. The molecule has 0 aliphatic heterocycles. The second-order valence-electron chi connectivity index (χ2n) is 2.55. The van der Waals surface area contributed by atoms with Crippen LogP contribution in [0.5, 0.6) is 0 Å². The summed E-state index contributed by atoms with van der Waals surface area (Å²) in [5.41, 5.74) is 2.04. The van der Waals surface area contributed by atoms with E-state index in [0.29, 0.717) is 0 Å². The first-order chi connectivity index (χ1) is 5.74. The SMILES string of the molecule is C=C/C=C\c1cnc(C)nc1C. The van der Waals surface area contributed by atoms with E-state index < -0.39 is 0 Å². The van der Waals surface area contributed by atoms with Crippen molar-refractivity contribution in [1.29, 1.82) is 0 Å². The minimum Gasteiger partial charge on any atom is -0.241 e. The average molecular weight is 160 g/mol. The molecular formula is C10H12N2. The molecule has 0 aliphatic rings. The van der Waals surface area contributed by atoms with Gasteiger partial charge in [0.25, 0.3) is 0 Å². The van der Waals surface area contributed by atoms with Gasteiger partial charge >= 0.3 is 0 Å².